The fourth-order valence-corrected chi connectivity index (χ4v) is 10.3. The second-order valence-corrected chi connectivity index (χ2v) is 23.4. The minimum Gasteiger partial charge on any atom is -0.462 e. The summed E-state index contributed by atoms with van der Waals surface area (Å²) in [5.74, 6) is -0.868. The van der Waals surface area contributed by atoms with Crippen LogP contribution in [0.5, 0.6) is 0 Å². The number of ether oxygens (including phenoxy) is 3. The third kappa shape index (κ3) is 65.7. The monoisotopic (exact) mass is 1120 g/mol. The molecule has 0 bridgehead atoms. The molecule has 0 rings (SSSR count). The van der Waals surface area contributed by atoms with Crippen LogP contribution < -0.4 is 0 Å². The highest BCUT2D eigenvalue weighted by Gasteiger charge is 2.19. The van der Waals surface area contributed by atoms with Gasteiger partial charge in [-0.25, -0.2) is 0 Å². The maximum absolute atomic E-state index is 13.0. The summed E-state index contributed by atoms with van der Waals surface area (Å²) < 4.78 is 17.0. The molecular weight excluding hydrogens is 985 g/mol. The lowest BCUT2D eigenvalue weighted by Crippen LogP contribution is -2.30. The van der Waals surface area contributed by atoms with Crippen molar-refractivity contribution in [1.29, 1.82) is 0 Å². The van der Waals surface area contributed by atoms with Crippen LogP contribution >= 0.6 is 0 Å². The SMILES string of the molecule is CC/C=C\C/C=C\C/C=C\C/C=C\C/C=C\C/C=C\CCCCCCCCC(=O)OCC(COC(=O)CCCCCCCCCCCCCCC)OC(=O)CCCCCCCCCCCCCCCCCCCCCCCCCC. The number of hydrogen-bond donors (Lipinski definition) is 0. The van der Waals surface area contributed by atoms with Crippen molar-refractivity contribution >= 4 is 17.9 Å². The maximum Gasteiger partial charge on any atom is 0.306 e. The molecule has 80 heavy (non-hydrogen) atoms. The smallest absolute Gasteiger partial charge is 0.306 e. The zero-order valence-corrected chi connectivity index (χ0v) is 53.3. The summed E-state index contributed by atoms with van der Waals surface area (Å²) in [6.45, 7) is 6.57. The van der Waals surface area contributed by atoms with Gasteiger partial charge in [-0.3, -0.25) is 14.4 Å². The molecule has 0 aromatic rings. The molecule has 0 saturated carbocycles. The van der Waals surface area contributed by atoms with Crippen LogP contribution in [0.4, 0.5) is 0 Å². The van der Waals surface area contributed by atoms with E-state index < -0.39 is 6.10 Å². The Kier molecular flexibility index (Phi) is 65.7. The largest absolute Gasteiger partial charge is 0.462 e. The minimum atomic E-state index is -0.780. The van der Waals surface area contributed by atoms with E-state index in [2.05, 4.69) is 93.7 Å². The van der Waals surface area contributed by atoms with E-state index in [9.17, 15) is 14.4 Å². The van der Waals surface area contributed by atoms with Crippen LogP contribution in [0.3, 0.4) is 0 Å². The van der Waals surface area contributed by atoms with Gasteiger partial charge in [0.15, 0.2) is 6.10 Å². The first-order valence-electron chi connectivity index (χ1n) is 34.9. The van der Waals surface area contributed by atoms with Gasteiger partial charge in [0.05, 0.1) is 0 Å². The van der Waals surface area contributed by atoms with Crippen LogP contribution in [-0.2, 0) is 28.6 Å². The molecule has 0 amide bonds. The Morgan fingerprint density at radius 3 is 0.762 bits per heavy atom. The van der Waals surface area contributed by atoms with Gasteiger partial charge in [-0.15, -0.1) is 0 Å². The summed E-state index contributed by atoms with van der Waals surface area (Å²) >= 11 is 0. The molecule has 0 fully saturated rings. The van der Waals surface area contributed by atoms with Crippen molar-refractivity contribution in [2.24, 2.45) is 0 Å². The molecule has 1 atom stereocenters. The Bertz CT molecular complexity index is 1470. The lowest BCUT2D eigenvalue weighted by Gasteiger charge is -2.18. The molecule has 0 aliphatic rings. The second-order valence-electron chi connectivity index (χ2n) is 23.4. The third-order valence-electron chi connectivity index (χ3n) is 15.5. The average Bonchev–Trinajstić information content (AvgIpc) is 3.46. The Hall–Kier alpha value is -3.15. The average molecular weight is 1120 g/mol. The summed E-state index contributed by atoms with van der Waals surface area (Å²) in [4.78, 5) is 38.4. The summed E-state index contributed by atoms with van der Waals surface area (Å²) in [6.07, 6.45) is 89.2. The number of carbonyl (C=O) groups excluding carboxylic acids is 3. The van der Waals surface area contributed by atoms with Gasteiger partial charge in [-0.1, -0.05) is 344 Å². The number of carbonyl (C=O) groups is 3. The molecule has 1 unspecified atom stereocenters. The number of unbranched alkanes of at least 4 members (excludes halogenated alkanes) is 41. The first-order chi connectivity index (χ1) is 39.5. The van der Waals surface area contributed by atoms with Crippen molar-refractivity contribution in [3.8, 4) is 0 Å². The molecule has 0 spiro atoms. The van der Waals surface area contributed by atoms with Gasteiger partial charge in [0, 0.05) is 19.3 Å². The molecule has 6 nitrogen and oxygen atoms in total. The minimum absolute atomic E-state index is 0.0751. The van der Waals surface area contributed by atoms with Crippen molar-refractivity contribution < 1.29 is 28.6 Å². The van der Waals surface area contributed by atoms with E-state index in [-0.39, 0.29) is 31.1 Å². The van der Waals surface area contributed by atoms with Gasteiger partial charge < -0.3 is 14.2 Å². The van der Waals surface area contributed by atoms with Gasteiger partial charge in [0.1, 0.15) is 13.2 Å². The molecule has 0 radical (unpaired) electrons. The molecule has 0 aliphatic carbocycles. The Morgan fingerprint density at radius 2 is 0.487 bits per heavy atom. The van der Waals surface area contributed by atoms with Crippen molar-refractivity contribution in [1.82, 2.24) is 0 Å². The van der Waals surface area contributed by atoms with Crippen LogP contribution in [0.1, 0.15) is 361 Å². The van der Waals surface area contributed by atoms with Gasteiger partial charge >= 0.3 is 17.9 Å². The Balaban J connectivity index is 4.30. The van der Waals surface area contributed by atoms with Crippen LogP contribution in [-0.4, -0.2) is 37.2 Å². The van der Waals surface area contributed by atoms with E-state index >= 15 is 0 Å². The highest BCUT2D eigenvalue weighted by Crippen LogP contribution is 2.18. The van der Waals surface area contributed by atoms with E-state index in [0.717, 1.165) is 103 Å². The third-order valence-corrected chi connectivity index (χ3v) is 15.5. The molecule has 0 aliphatic heterocycles. The molecular formula is C74H132O6. The quantitative estimate of drug-likeness (QED) is 0.0261. The van der Waals surface area contributed by atoms with Gasteiger partial charge in [-0.2, -0.15) is 0 Å². The Labute approximate surface area is 497 Å². The summed E-state index contributed by atoms with van der Waals surface area (Å²) in [7, 11) is 0. The first kappa shape index (κ1) is 76.9. The number of hydrogen-bond acceptors (Lipinski definition) is 6. The Morgan fingerprint density at radius 1 is 0.263 bits per heavy atom. The molecule has 6 heteroatoms. The van der Waals surface area contributed by atoms with Crippen molar-refractivity contribution in [2.75, 3.05) is 13.2 Å². The number of allylic oxidation sites excluding steroid dienone is 12. The predicted molar refractivity (Wildman–Crippen MR) is 348 cm³/mol. The van der Waals surface area contributed by atoms with Crippen LogP contribution in [0.2, 0.25) is 0 Å². The van der Waals surface area contributed by atoms with Gasteiger partial charge in [-0.05, 0) is 70.6 Å². The number of esters is 3. The van der Waals surface area contributed by atoms with Crippen LogP contribution in [0.25, 0.3) is 0 Å². The first-order valence-corrected chi connectivity index (χ1v) is 34.9. The summed E-state index contributed by atoms with van der Waals surface area (Å²) in [6, 6.07) is 0. The summed E-state index contributed by atoms with van der Waals surface area (Å²) in [5, 5.41) is 0. The van der Waals surface area contributed by atoms with Crippen LogP contribution in [0.15, 0.2) is 72.9 Å². The lowest BCUT2D eigenvalue weighted by molar-refractivity contribution is -0.167. The lowest BCUT2D eigenvalue weighted by atomic mass is 10.0. The molecule has 0 aromatic heterocycles. The molecule has 0 saturated heterocycles. The fourth-order valence-electron chi connectivity index (χ4n) is 10.3. The van der Waals surface area contributed by atoms with Crippen LogP contribution in [0, 0.1) is 0 Å². The highest BCUT2D eigenvalue weighted by atomic mass is 16.6. The topological polar surface area (TPSA) is 78.9 Å². The fraction of sp³-hybridized carbons (Fsp3) is 0.797. The standard InChI is InChI=1S/C74H132O6/c1-4-7-10-13-16-19-22-25-27-29-31-33-35-37-39-40-42-44-46-49-52-55-58-61-64-67-73(76)79-70-71(69-78-72(75)66-63-60-57-54-51-48-24-21-18-15-12-9-6-3)80-74(77)68-65-62-59-56-53-50-47-45-43-41-38-36-34-32-30-28-26-23-20-17-14-11-8-5-2/h7,10,16,19,25,27,31,33,37,39,42,44,71H,4-6,8-9,11-15,17-18,20-24,26,28-30,32,34-36,38,40-41,43,45-70H2,1-3H3/b10-7-,19-16-,27-25-,33-31-,39-37-,44-42-. The zero-order valence-electron chi connectivity index (χ0n) is 53.3. The van der Waals surface area contributed by atoms with Gasteiger partial charge in [0.25, 0.3) is 0 Å². The van der Waals surface area contributed by atoms with Crippen molar-refractivity contribution in [2.45, 2.75) is 367 Å². The van der Waals surface area contributed by atoms with E-state index in [4.69, 9.17) is 14.2 Å². The molecule has 0 N–H and O–H groups in total. The zero-order chi connectivity index (χ0) is 57.8. The number of rotatable bonds is 64. The normalized spacial score (nSPS) is 12.5. The van der Waals surface area contributed by atoms with Gasteiger partial charge in [0.2, 0.25) is 0 Å². The molecule has 0 aromatic carbocycles. The second kappa shape index (κ2) is 68.3. The van der Waals surface area contributed by atoms with E-state index in [1.165, 1.54) is 218 Å². The molecule has 0 heterocycles. The summed E-state index contributed by atoms with van der Waals surface area (Å²) in [5.41, 5.74) is 0. The van der Waals surface area contributed by atoms with E-state index in [1.54, 1.807) is 0 Å². The van der Waals surface area contributed by atoms with E-state index in [0.29, 0.717) is 19.3 Å². The van der Waals surface area contributed by atoms with Crippen molar-refractivity contribution in [3.63, 3.8) is 0 Å². The van der Waals surface area contributed by atoms with Crippen molar-refractivity contribution in [3.05, 3.63) is 72.9 Å². The molecule has 464 valence electrons. The predicted octanol–water partition coefficient (Wildman–Crippen LogP) is 24.1. The maximum atomic E-state index is 13.0. The highest BCUT2D eigenvalue weighted by molar-refractivity contribution is 5.71. The van der Waals surface area contributed by atoms with E-state index in [1.807, 2.05) is 0 Å².